The Balaban J connectivity index is 2.30. The molecule has 0 radical (unpaired) electrons. The Kier molecular flexibility index (Phi) is 5.00. The van der Waals surface area contributed by atoms with Crippen molar-refractivity contribution in [3.8, 4) is 5.75 Å². The van der Waals surface area contributed by atoms with Crippen molar-refractivity contribution in [1.29, 1.82) is 0 Å². The van der Waals surface area contributed by atoms with Crippen LogP contribution >= 0.6 is 11.3 Å². The third kappa shape index (κ3) is 3.44. The SMILES string of the molecule is COc1ccc(S(=O)(=O)N(C)Cc2ccsc2)cc1CN. The van der Waals surface area contributed by atoms with Crippen molar-refractivity contribution < 1.29 is 13.2 Å². The van der Waals surface area contributed by atoms with Crippen molar-refractivity contribution in [3.05, 3.63) is 46.2 Å². The van der Waals surface area contributed by atoms with Gasteiger partial charge in [0, 0.05) is 25.7 Å². The first-order valence-corrected chi connectivity index (χ1v) is 8.71. The summed E-state index contributed by atoms with van der Waals surface area (Å²) in [5.41, 5.74) is 7.28. The Morgan fingerprint density at radius 2 is 2.10 bits per heavy atom. The van der Waals surface area contributed by atoms with E-state index in [0.29, 0.717) is 17.9 Å². The van der Waals surface area contributed by atoms with E-state index in [1.807, 2.05) is 16.8 Å². The Bertz CT molecular complexity index is 697. The molecule has 0 spiro atoms. The molecule has 0 aliphatic heterocycles. The molecule has 0 fully saturated rings. The van der Waals surface area contributed by atoms with Crippen LogP contribution in [0.5, 0.6) is 5.75 Å². The Hall–Kier alpha value is -1.41. The third-order valence-electron chi connectivity index (χ3n) is 3.17. The second kappa shape index (κ2) is 6.57. The van der Waals surface area contributed by atoms with Crippen LogP contribution in [0.4, 0.5) is 0 Å². The number of sulfonamides is 1. The molecule has 0 unspecified atom stereocenters. The lowest BCUT2D eigenvalue weighted by atomic mass is 10.2. The van der Waals surface area contributed by atoms with E-state index in [-0.39, 0.29) is 11.4 Å². The fourth-order valence-corrected chi connectivity index (χ4v) is 3.85. The van der Waals surface area contributed by atoms with Gasteiger partial charge in [-0.15, -0.1) is 0 Å². The van der Waals surface area contributed by atoms with E-state index in [9.17, 15) is 8.42 Å². The lowest BCUT2D eigenvalue weighted by molar-refractivity contribution is 0.409. The molecule has 0 amide bonds. The molecule has 0 aliphatic rings. The van der Waals surface area contributed by atoms with E-state index in [1.54, 1.807) is 30.5 Å². The maximum Gasteiger partial charge on any atom is 0.243 e. The summed E-state index contributed by atoms with van der Waals surface area (Å²) in [6.45, 7) is 0.566. The monoisotopic (exact) mass is 326 g/mol. The van der Waals surface area contributed by atoms with Crippen molar-refractivity contribution in [3.63, 3.8) is 0 Å². The molecule has 5 nitrogen and oxygen atoms in total. The van der Waals surface area contributed by atoms with Gasteiger partial charge >= 0.3 is 0 Å². The highest BCUT2D eigenvalue weighted by Gasteiger charge is 2.22. The number of nitrogens with zero attached hydrogens (tertiary/aromatic N) is 1. The topological polar surface area (TPSA) is 72.6 Å². The van der Waals surface area contributed by atoms with Gasteiger partial charge < -0.3 is 10.5 Å². The highest BCUT2D eigenvalue weighted by atomic mass is 32.2. The van der Waals surface area contributed by atoms with Gasteiger partial charge in [-0.3, -0.25) is 0 Å². The molecule has 2 N–H and O–H groups in total. The highest BCUT2D eigenvalue weighted by Crippen LogP contribution is 2.24. The summed E-state index contributed by atoms with van der Waals surface area (Å²) in [6.07, 6.45) is 0. The molecule has 7 heteroatoms. The quantitative estimate of drug-likeness (QED) is 0.881. The first kappa shape index (κ1) is 16.0. The number of methoxy groups -OCH3 is 1. The second-order valence-corrected chi connectivity index (χ2v) is 7.40. The number of hydrogen-bond donors (Lipinski definition) is 1. The average molecular weight is 326 g/mol. The summed E-state index contributed by atoms with van der Waals surface area (Å²) in [5, 5.41) is 3.86. The van der Waals surface area contributed by atoms with Crippen molar-refractivity contribution in [2.75, 3.05) is 14.2 Å². The van der Waals surface area contributed by atoms with Gasteiger partial charge in [0.05, 0.1) is 12.0 Å². The molecule has 0 aliphatic carbocycles. The van der Waals surface area contributed by atoms with Crippen molar-refractivity contribution in [1.82, 2.24) is 4.31 Å². The second-order valence-electron chi connectivity index (χ2n) is 4.57. The molecular weight excluding hydrogens is 308 g/mol. The van der Waals surface area contributed by atoms with Crippen molar-refractivity contribution in [2.24, 2.45) is 5.73 Å². The van der Waals surface area contributed by atoms with Gasteiger partial charge in [0.15, 0.2) is 0 Å². The van der Waals surface area contributed by atoms with Crippen LogP contribution in [0.15, 0.2) is 39.9 Å². The summed E-state index contributed by atoms with van der Waals surface area (Å²) >= 11 is 1.54. The van der Waals surface area contributed by atoms with E-state index < -0.39 is 10.0 Å². The lowest BCUT2D eigenvalue weighted by Gasteiger charge is -2.17. The highest BCUT2D eigenvalue weighted by molar-refractivity contribution is 7.89. The minimum Gasteiger partial charge on any atom is -0.496 e. The average Bonchev–Trinajstić information content (AvgIpc) is 2.99. The van der Waals surface area contributed by atoms with Crippen LogP contribution in [-0.2, 0) is 23.1 Å². The minimum atomic E-state index is -3.55. The van der Waals surface area contributed by atoms with Crippen LogP contribution in [-0.4, -0.2) is 26.9 Å². The Morgan fingerprint density at radius 1 is 1.33 bits per heavy atom. The number of benzene rings is 1. The number of hydrogen-bond acceptors (Lipinski definition) is 5. The lowest BCUT2D eigenvalue weighted by Crippen LogP contribution is -2.26. The molecule has 0 atom stereocenters. The van der Waals surface area contributed by atoms with Gasteiger partial charge in [-0.25, -0.2) is 8.42 Å². The molecule has 0 bridgehead atoms. The van der Waals surface area contributed by atoms with Gasteiger partial charge in [0.25, 0.3) is 0 Å². The fraction of sp³-hybridized carbons (Fsp3) is 0.286. The van der Waals surface area contributed by atoms with Crippen LogP contribution in [0.25, 0.3) is 0 Å². The molecule has 1 aromatic heterocycles. The van der Waals surface area contributed by atoms with Gasteiger partial charge in [0.1, 0.15) is 5.75 Å². The number of nitrogens with two attached hydrogens (primary N) is 1. The van der Waals surface area contributed by atoms with Gasteiger partial charge in [-0.1, -0.05) is 0 Å². The fourth-order valence-electron chi connectivity index (χ4n) is 1.98. The molecule has 2 aromatic rings. The first-order valence-electron chi connectivity index (χ1n) is 6.33. The number of ether oxygens (including phenoxy) is 1. The van der Waals surface area contributed by atoms with Crippen LogP contribution in [0.2, 0.25) is 0 Å². The van der Waals surface area contributed by atoms with E-state index in [2.05, 4.69) is 0 Å². The normalized spacial score (nSPS) is 11.8. The molecule has 1 aromatic carbocycles. The number of thiophene rings is 1. The molecule has 114 valence electrons. The largest absolute Gasteiger partial charge is 0.496 e. The van der Waals surface area contributed by atoms with E-state index in [1.165, 1.54) is 17.5 Å². The Morgan fingerprint density at radius 3 is 2.67 bits per heavy atom. The van der Waals surface area contributed by atoms with Gasteiger partial charge in [-0.2, -0.15) is 15.6 Å². The molecule has 0 saturated carbocycles. The maximum atomic E-state index is 12.6. The summed E-state index contributed by atoms with van der Waals surface area (Å²) in [5.74, 6) is 0.594. The van der Waals surface area contributed by atoms with Crippen LogP contribution in [0.3, 0.4) is 0 Å². The van der Waals surface area contributed by atoms with Gasteiger partial charge in [0.2, 0.25) is 10.0 Å². The molecule has 0 saturated heterocycles. The standard InChI is InChI=1S/C14H18N2O3S2/c1-16(9-11-5-6-20-10-11)21(17,18)13-3-4-14(19-2)12(7-13)8-15/h3-7,10H,8-9,15H2,1-2H3. The predicted octanol–water partition coefficient (Wildman–Crippen LogP) is 2.04. The van der Waals surface area contributed by atoms with E-state index in [0.717, 1.165) is 5.56 Å². The van der Waals surface area contributed by atoms with E-state index >= 15 is 0 Å². The minimum absolute atomic E-state index is 0.223. The molecule has 21 heavy (non-hydrogen) atoms. The molecular formula is C14H18N2O3S2. The zero-order chi connectivity index (χ0) is 15.5. The summed E-state index contributed by atoms with van der Waals surface area (Å²) in [4.78, 5) is 0.224. The van der Waals surface area contributed by atoms with Gasteiger partial charge in [-0.05, 0) is 40.6 Å². The summed E-state index contributed by atoms with van der Waals surface area (Å²) in [6, 6.07) is 6.65. The predicted molar refractivity (Wildman–Crippen MR) is 83.9 cm³/mol. The van der Waals surface area contributed by atoms with E-state index in [4.69, 9.17) is 10.5 Å². The van der Waals surface area contributed by atoms with Crippen molar-refractivity contribution >= 4 is 21.4 Å². The van der Waals surface area contributed by atoms with Crippen LogP contribution < -0.4 is 10.5 Å². The van der Waals surface area contributed by atoms with Crippen molar-refractivity contribution in [2.45, 2.75) is 18.0 Å². The van der Waals surface area contributed by atoms with Crippen LogP contribution in [0, 0.1) is 0 Å². The third-order valence-corrected chi connectivity index (χ3v) is 5.70. The van der Waals surface area contributed by atoms with Crippen LogP contribution in [0.1, 0.15) is 11.1 Å². The Labute approximate surface area is 129 Å². The molecule has 1 heterocycles. The first-order chi connectivity index (χ1) is 9.98. The smallest absolute Gasteiger partial charge is 0.243 e. The summed E-state index contributed by atoms with van der Waals surface area (Å²) < 4.78 is 31.6. The number of rotatable bonds is 6. The molecule has 2 rings (SSSR count). The maximum absolute atomic E-state index is 12.6. The summed E-state index contributed by atoms with van der Waals surface area (Å²) in [7, 11) is -0.444. The zero-order valence-electron chi connectivity index (χ0n) is 11.9. The zero-order valence-corrected chi connectivity index (χ0v) is 13.6.